The fraction of sp³-hybridized carbons (Fsp3) is 0.353. The summed E-state index contributed by atoms with van der Waals surface area (Å²) in [5.41, 5.74) is 0.717. The minimum Gasteiger partial charge on any atom is -0.323 e. The van der Waals surface area contributed by atoms with Gasteiger partial charge in [-0.2, -0.15) is 5.26 Å². The largest absolute Gasteiger partial charge is 0.323 e. The predicted octanol–water partition coefficient (Wildman–Crippen LogP) is 4.63. The number of carbonyl (C=O) groups excluding carboxylic acids is 1. The van der Waals surface area contributed by atoms with Gasteiger partial charge in [0.2, 0.25) is 5.91 Å². The highest BCUT2D eigenvalue weighted by molar-refractivity contribution is 8.14. The van der Waals surface area contributed by atoms with Gasteiger partial charge in [-0.05, 0) is 43.4 Å². The molecule has 0 bridgehead atoms. The van der Waals surface area contributed by atoms with Crippen LogP contribution in [0.1, 0.15) is 20.3 Å². The van der Waals surface area contributed by atoms with E-state index in [1.54, 1.807) is 13.0 Å². The summed E-state index contributed by atoms with van der Waals surface area (Å²) in [4.78, 5) is 17.0. The Balaban J connectivity index is 2.21. The van der Waals surface area contributed by atoms with Crippen molar-refractivity contribution in [1.82, 2.24) is 0 Å². The van der Waals surface area contributed by atoms with Crippen LogP contribution in [0, 0.1) is 29.0 Å². The maximum atomic E-state index is 13.9. The number of anilines is 1. The molecule has 1 amide bonds. The zero-order chi connectivity index (χ0) is 17.7. The molecule has 2 unspecified atom stereocenters. The molecule has 0 radical (unpaired) electrons. The molecule has 1 aliphatic rings. The van der Waals surface area contributed by atoms with Gasteiger partial charge in [-0.1, -0.05) is 18.5 Å². The lowest BCUT2D eigenvalue weighted by molar-refractivity contribution is -0.119. The van der Waals surface area contributed by atoms with Gasteiger partial charge in [-0.15, -0.1) is 11.8 Å². The van der Waals surface area contributed by atoms with Crippen LogP contribution in [0.15, 0.2) is 35.0 Å². The average Bonchev–Trinajstić information content (AvgIpc) is 2.54. The average molecular weight is 366 g/mol. The molecule has 0 fully saturated rings. The van der Waals surface area contributed by atoms with E-state index >= 15 is 0 Å². The minimum absolute atomic E-state index is 0.0393. The van der Waals surface area contributed by atoms with Gasteiger partial charge in [0.1, 0.15) is 11.7 Å². The number of carbonyl (C=O) groups is 1. The number of allylic oxidation sites excluding steroid dienone is 1. The molecule has 1 aliphatic heterocycles. The molecular formula is C17H17ClFN3OS. The number of nitrogens with zero attached hydrogens (tertiary/aromatic N) is 2. The van der Waals surface area contributed by atoms with Crippen molar-refractivity contribution in [3.8, 4) is 6.07 Å². The first kappa shape index (κ1) is 18.5. The second kappa shape index (κ2) is 8.32. The first-order chi connectivity index (χ1) is 11.5. The van der Waals surface area contributed by atoms with Crippen LogP contribution in [-0.4, -0.2) is 16.7 Å². The van der Waals surface area contributed by atoms with Crippen LogP contribution >= 0.6 is 23.4 Å². The molecule has 126 valence electrons. The quantitative estimate of drug-likeness (QED) is 0.845. The third kappa shape index (κ3) is 4.37. The topological polar surface area (TPSA) is 65.2 Å². The summed E-state index contributed by atoms with van der Waals surface area (Å²) >= 11 is 7.19. The van der Waals surface area contributed by atoms with Crippen molar-refractivity contribution in [2.24, 2.45) is 16.8 Å². The highest BCUT2D eigenvalue weighted by Gasteiger charge is 2.34. The second-order valence-corrected chi connectivity index (χ2v) is 6.90. The van der Waals surface area contributed by atoms with Crippen molar-refractivity contribution in [1.29, 1.82) is 5.26 Å². The molecular weight excluding hydrogens is 349 g/mol. The van der Waals surface area contributed by atoms with E-state index in [0.717, 1.165) is 18.2 Å². The predicted molar refractivity (Wildman–Crippen MR) is 96.6 cm³/mol. The molecule has 24 heavy (non-hydrogen) atoms. The zero-order valence-corrected chi connectivity index (χ0v) is 14.9. The van der Waals surface area contributed by atoms with E-state index in [9.17, 15) is 14.4 Å². The highest BCUT2D eigenvalue weighted by atomic mass is 35.5. The zero-order valence-electron chi connectivity index (χ0n) is 13.3. The first-order valence-electron chi connectivity index (χ1n) is 7.51. The van der Waals surface area contributed by atoms with Crippen molar-refractivity contribution in [3.63, 3.8) is 0 Å². The van der Waals surface area contributed by atoms with E-state index in [2.05, 4.69) is 16.4 Å². The Labute approximate surface area is 149 Å². The maximum absolute atomic E-state index is 13.9. The Hall–Kier alpha value is -1.84. The Bertz CT molecular complexity index is 742. The molecule has 1 N–H and O–H groups in total. The molecule has 0 aromatic heterocycles. The summed E-state index contributed by atoms with van der Waals surface area (Å²) in [5.74, 6) is -1.60. The number of hydrogen-bond acceptors (Lipinski definition) is 4. The Kier molecular flexibility index (Phi) is 6.41. The van der Waals surface area contributed by atoms with Gasteiger partial charge in [0, 0.05) is 10.7 Å². The van der Waals surface area contributed by atoms with Crippen molar-refractivity contribution in [2.45, 2.75) is 20.3 Å². The molecule has 0 saturated heterocycles. The first-order valence-corrected chi connectivity index (χ1v) is 8.88. The molecule has 1 heterocycles. The van der Waals surface area contributed by atoms with Gasteiger partial charge in [-0.3, -0.25) is 9.79 Å². The number of amides is 1. The minimum atomic E-state index is -0.707. The van der Waals surface area contributed by atoms with E-state index < -0.39 is 23.6 Å². The molecule has 1 aromatic rings. The summed E-state index contributed by atoms with van der Waals surface area (Å²) in [6.07, 6.45) is 2.59. The molecule has 0 spiro atoms. The summed E-state index contributed by atoms with van der Waals surface area (Å²) in [6.45, 7) is 3.82. The van der Waals surface area contributed by atoms with Crippen LogP contribution in [-0.2, 0) is 4.79 Å². The van der Waals surface area contributed by atoms with E-state index in [4.69, 9.17) is 11.6 Å². The fourth-order valence-electron chi connectivity index (χ4n) is 2.29. The van der Waals surface area contributed by atoms with Gasteiger partial charge >= 0.3 is 0 Å². The van der Waals surface area contributed by atoms with Crippen molar-refractivity contribution < 1.29 is 9.18 Å². The van der Waals surface area contributed by atoms with Crippen molar-refractivity contribution in [3.05, 3.63) is 40.8 Å². The van der Waals surface area contributed by atoms with Crippen LogP contribution in [0.4, 0.5) is 10.1 Å². The summed E-state index contributed by atoms with van der Waals surface area (Å²) in [6, 6.07) is 6.18. The summed E-state index contributed by atoms with van der Waals surface area (Å²) in [7, 11) is 0. The van der Waals surface area contributed by atoms with Crippen molar-refractivity contribution in [2.75, 3.05) is 11.1 Å². The highest BCUT2D eigenvalue weighted by Crippen LogP contribution is 2.30. The summed E-state index contributed by atoms with van der Waals surface area (Å²) in [5, 5.41) is 12.9. The number of hydrogen-bond donors (Lipinski definition) is 1. The van der Waals surface area contributed by atoms with Gasteiger partial charge < -0.3 is 5.32 Å². The normalized spacial score (nSPS) is 20.0. The number of rotatable bonds is 4. The van der Waals surface area contributed by atoms with E-state index in [1.807, 2.05) is 6.92 Å². The Morgan fingerprint density at radius 3 is 2.92 bits per heavy atom. The van der Waals surface area contributed by atoms with Gasteiger partial charge in [0.25, 0.3) is 0 Å². The number of nitriles is 1. The second-order valence-electron chi connectivity index (χ2n) is 5.35. The lowest BCUT2D eigenvalue weighted by Gasteiger charge is -2.24. The molecule has 2 rings (SSSR count). The molecule has 0 saturated carbocycles. The third-order valence-electron chi connectivity index (χ3n) is 3.42. The number of halogens is 2. The molecule has 2 atom stereocenters. The van der Waals surface area contributed by atoms with Crippen LogP contribution in [0.3, 0.4) is 0 Å². The van der Waals surface area contributed by atoms with E-state index in [-0.39, 0.29) is 10.7 Å². The lowest BCUT2D eigenvalue weighted by Crippen LogP contribution is -2.33. The third-order valence-corrected chi connectivity index (χ3v) is 4.91. The van der Waals surface area contributed by atoms with Crippen LogP contribution in [0.25, 0.3) is 0 Å². The standard InChI is InChI=1S/C17H17ClFN3OS/c1-3-6-24-17-13(9-20)12(7-10(2)21-17)16(23)22-15-5-4-11(18)8-14(15)19/h4-5,7-8,12-13H,3,6H2,1-2H3,(H,22,23). The monoisotopic (exact) mass is 365 g/mol. The molecule has 7 heteroatoms. The number of aliphatic imine (C=N–C) groups is 1. The summed E-state index contributed by atoms with van der Waals surface area (Å²) < 4.78 is 13.9. The number of thioether (sulfide) groups is 1. The molecule has 0 aliphatic carbocycles. The lowest BCUT2D eigenvalue weighted by atomic mass is 9.90. The molecule has 4 nitrogen and oxygen atoms in total. The number of benzene rings is 1. The van der Waals surface area contributed by atoms with Gasteiger partial charge in [0.15, 0.2) is 0 Å². The van der Waals surface area contributed by atoms with Gasteiger partial charge in [-0.25, -0.2) is 4.39 Å². The fourth-order valence-corrected chi connectivity index (χ4v) is 3.45. The van der Waals surface area contributed by atoms with Crippen LogP contribution in [0.2, 0.25) is 5.02 Å². The van der Waals surface area contributed by atoms with E-state index in [0.29, 0.717) is 10.7 Å². The Morgan fingerprint density at radius 2 is 2.29 bits per heavy atom. The molecule has 1 aromatic carbocycles. The number of nitrogens with one attached hydrogen (secondary N) is 1. The van der Waals surface area contributed by atoms with Crippen LogP contribution < -0.4 is 5.32 Å². The smallest absolute Gasteiger partial charge is 0.233 e. The van der Waals surface area contributed by atoms with Gasteiger partial charge in [0.05, 0.1) is 22.7 Å². The maximum Gasteiger partial charge on any atom is 0.233 e. The SMILES string of the molecule is CCCSC1=NC(C)=CC(C(=O)Nc2ccc(Cl)cc2F)C1C#N. The van der Waals surface area contributed by atoms with Crippen molar-refractivity contribution >= 4 is 40.0 Å². The Morgan fingerprint density at radius 1 is 1.54 bits per heavy atom. The van der Waals surface area contributed by atoms with E-state index in [1.165, 1.54) is 23.9 Å². The van der Waals surface area contributed by atoms with Crippen LogP contribution in [0.5, 0.6) is 0 Å².